The Hall–Kier alpha value is -0.850. The molecule has 5 heteroatoms. The van der Waals surface area contributed by atoms with Crippen LogP contribution in [0.25, 0.3) is 0 Å². The maximum Gasteiger partial charge on any atom is 0.193 e. The van der Waals surface area contributed by atoms with Gasteiger partial charge in [0.25, 0.3) is 0 Å². The first-order chi connectivity index (χ1) is 9.29. The lowest BCUT2D eigenvalue weighted by Crippen LogP contribution is -2.46. The highest BCUT2D eigenvalue weighted by Gasteiger charge is 2.18. The third-order valence-corrected chi connectivity index (χ3v) is 3.56. The van der Waals surface area contributed by atoms with Gasteiger partial charge in [0.05, 0.1) is 0 Å². The summed E-state index contributed by atoms with van der Waals surface area (Å²) in [6, 6.07) is 6.04. The Morgan fingerprint density at radius 3 is 3.00 bits per heavy atom. The molecule has 0 spiro atoms. The minimum Gasteiger partial charge on any atom is -0.356 e. The lowest BCUT2D eigenvalue weighted by molar-refractivity contribution is 0.266. The zero-order valence-electron chi connectivity index (χ0n) is 12.4. The summed E-state index contributed by atoms with van der Waals surface area (Å²) in [4.78, 5) is 11.1. The Morgan fingerprint density at radius 2 is 2.35 bits per heavy atom. The van der Waals surface area contributed by atoms with E-state index in [1.54, 1.807) is 0 Å². The van der Waals surface area contributed by atoms with Gasteiger partial charge in [-0.1, -0.05) is 13.0 Å². The molecule has 112 valence electrons. The number of likely N-dealkylation sites (tertiary alicyclic amines) is 1. The highest BCUT2D eigenvalue weighted by Crippen LogP contribution is 2.15. The van der Waals surface area contributed by atoms with Crippen molar-refractivity contribution in [3.63, 3.8) is 0 Å². The second kappa shape index (κ2) is 9.15. The first-order valence-electron chi connectivity index (χ1n) is 7.15. The molecule has 0 aliphatic carbocycles. The minimum absolute atomic E-state index is 0. The molecule has 0 bridgehead atoms. The molecule has 20 heavy (non-hydrogen) atoms. The molecule has 4 nitrogen and oxygen atoms in total. The summed E-state index contributed by atoms with van der Waals surface area (Å²) >= 11 is 0. The fourth-order valence-corrected chi connectivity index (χ4v) is 2.56. The molecule has 1 aromatic rings. The summed E-state index contributed by atoms with van der Waals surface area (Å²) in [5, 5.41) is 3.44. The largest absolute Gasteiger partial charge is 0.356 e. The number of aliphatic imine (C=N–C) groups is 1. The summed E-state index contributed by atoms with van der Waals surface area (Å²) in [5.41, 5.74) is 1.12. The van der Waals surface area contributed by atoms with Crippen LogP contribution in [-0.2, 0) is 6.42 Å². The molecule has 1 unspecified atom stereocenters. The van der Waals surface area contributed by atoms with Crippen molar-refractivity contribution in [3.05, 3.63) is 30.1 Å². The van der Waals surface area contributed by atoms with Gasteiger partial charge < -0.3 is 10.2 Å². The first kappa shape index (κ1) is 17.2. The van der Waals surface area contributed by atoms with Crippen molar-refractivity contribution >= 4 is 29.9 Å². The van der Waals surface area contributed by atoms with Gasteiger partial charge in [-0.15, -0.1) is 24.0 Å². The van der Waals surface area contributed by atoms with Gasteiger partial charge in [0.1, 0.15) is 0 Å². The number of nitrogens with zero attached hydrogens (tertiary/aromatic N) is 3. The molecule has 0 radical (unpaired) electrons. The number of hydrogen-bond acceptors (Lipinski definition) is 2. The van der Waals surface area contributed by atoms with Crippen molar-refractivity contribution in [1.29, 1.82) is 0 Å². The lowest BCUT2D eigenvalue weighted by atomic mass is 10.0. The molecule has 1 N–H and O–H groups in total. The van der Waals surface area contributed by atoms with Gasteiger partial charge in [-0.2, -0.15) is 0 Å². The number of aromatic nitrogens is 1. The van der Waals surface area contributed by atoms with E-state index in [0.717, 1.165) is 43.6 Å². The Bertz CT molecular complexity index is 408. The molecule has 2 rings (SSSR count). The Balaban J connectivity index is 0.00000200. The average molecular weight is 388 g/mol. The maximum absolute atomic E-state index is 4.39. The van der Waals surface area contributed by atoms with Crippen LogP contribution in [0.2, 0.25) is 0 Å². The summed E-state index contributed by atoms with van der Waals surface area (Å²) in [5.74, 6) is 1.80. The van der Waals surface area contributed by atoms with E-state index < -0.39 is 0 Å². The fourth-order valence-electron chi connectivity index (χ4n) is 2.56. The number of piperidine rings is 1. The number of pyridine rings is 1. The first-order valence-corrected chi connectivity index (χ1v) is 7.15. The van der Waals surface area contributed by atoms with Crippen LogP contribution in [0.1, 0.15) is 25.5 Å². The predicted octanol–water partition coefficient (Wildman–Crippen LogP) is 2.55. The molecular weight excluding hydrogens is 363 g/mol. The summed E-state index contributed by atoms with van der Waals surface area (Å²) in [6.07, 6.45) is 5.38. The number of halogens is 1. The van der Waals surface area contributed by atoms with Gasteiger partial charge in [-0.25, -0.2) is 0 Å². The van der Waals surface area contributed by atoms with E-state index in [4.69, 9.17) is 0 Å². The van der Waals surface area contributed by atoms with Gasteiger partial charge in [0.2, 0.25) is 0 Å². The second-order valence-corrected chi connectivity index (χ2v) is 5.24. The lowest BCUT2D eigenvalue weighted by Gasteiger charge is -2.33. The molecular formula is C15H25IN4. The van der Waals surface area contributed by atoms with E-state index >= 15 is 0 Å². The van der Waals surface area contributed by atoms with Crippen LogP contribution < -0.4 is 5.32 Å². The van der Waals surface area contributed by atoms with E-state index in [1.165, 1.54) is 12.8 Å². The zero-order valence-corrected chi connectivity index (χ0v) is 14.7. The summed E-state index contributed by atoms with van der Waals surface area (Å²) in [6.45, 7) is 5.43. The highest BCUT2D eigenvalue weighted by atomic mass is 127. The maximum atomic E-state index is 4.39. The molecule has 0 aromatic carbocycles. The molecule has 1 aliphatic rings. The van der Waals surface area contributed by atoms with Crippen molar-refractivity contribution in [3.8, 4) is 0 Å². The normalized spacial score (nSPS) is 19.4. The van der Waals surface area contributed by atoms with Crippen LogP contribution in [0.4, 0.5) is 0 Å². The standard InChI is InChI=1S/C15H24N4.HI/c1-13-6-5-11-19(12-13)15(16-2)18-10-8-14-7-3-4-9-17-14;/h3-4,7,9,13H,5-6,8,10-12H2,1-2H3,(H,16,18);1H. The number of guanidine groups is 1. The SMILES string of the molecule is CN=C(NCCc1ccccn1)N1CCCC(C)C1.I. The molecule has 1 saturated heterocycles. The summed E-state index contributed by atoms with van der Waals surface area (Å²) < 4.78 is 0. The van der Waals surface area contributed by atoms with Crippen LogP contribution in [0, 0.1) is 5.92 Å². The topological polar surface area (TPSA) is 40.5 Å². The quantitative estimate of drug-likeness (QED) is 0.492. The van der Waals surface area contributed by atoms with Crippen molar-refractivity contribution < 1.29 is 0 Å². The fraction of sp³-hybridized carbons (Fsp3) is 0.600. The van der Waals surface area contributed by atoms with E-state index in [0.29, 0.717) is 0 Å². The molecule has 0 saturated carbocycles. The van der Waals surface area contributed by atoms with Crippen LogP contribution in [0.5, 0.6) is 0 Å². The van der Waals surface area contributed by atoms with Crippen molar-refractivity contribution in [2.75, 3.05) is 26.7 Å². The predicted molar refractivity (Wildman–Crippen MR) is 94.7 cm³/mol. The molecule has 1 aliphatic heterocycles. The van der Waals surface area contributed by atoms with Gasteiger partial charge in [0, 0.05) is 45.0 Å². The third kappa shape index (κ3) is 5.26. The number of nitrogens with one attached hydrogen (secondary N) is 1. The van der Waals surface area contributed by atoms with E-state index in [2.05, 4.69) is 33.2 Å². The number of hydrogen-bond donors (Lipinski definition) is 1. The van der Waals surface area contributed by atoms with Crippen molar-refractivity contribution in [2.24, 2.45) is 10.9 Å². The molecule has 1 aromatic heterocycles. The molecule has 0 amide bonds. The van der Waals surface area contributed by atoms with Crippen LogP contribution in [0.15, 0.2) is 29.4 Å². The van der Waals surface area contributed by atoms with Gasteiger partial charge in [-0.3, -0.25) is 9.98 Å². The van der Waals surface area contributed by atoms with E-state index in [9.17, 15) is 0 Å². The van der Waals surface area contributed by atoms with Crippen LogP contribution >= 0.6 is 24.0 Å². The second-order valence-electron chi connectivity index (χ2n) is 5.24. The van der Waals surface area contributed by atoms with Crippen molar-refractivity contribution in [1.82, 2.24) is 15.2 Å². The third-order valence-electron chi connectivity index (χ3n) is 3.56. The monoisotopic (exact) mass is 388 g/mol. The Kier molecular flexibility index (Phi) is 7.87. The van der Waals surface area contributed by atoms with Crippen molar-refractivity contribution in [2.45, 2.75) is 26.2 Å². The molecule has 1 atom stereocenters. The van der Waals surface area contributed by atoms with Gasteiger partial charge in [-0.05, 0) is 30.9 Å². The van der Waals surface area contributed by atoms with Crippen LogP contribution in [-0.4, -0.2) is 42.5 Å². The Labute approximate surface area is 139 Å². The Morgan fingerprint density at radius 1 is 1.50 bits per heavy atom. The van der Waals surface area contributed by atoms with Crippen LogP contribution in [0.3, 0.4) is 0 Å². The van der Waals surface area contributed by atoms with E-state index in [1.807, 2.05) is 25.4 Å². The molecule has 2 heterocycles. The highest BCUT2D eigenvalue weighted by molar-refractivity contribution is 14.0. The number of rotatable bonds is 3. The smallest absolute Gasteiger partial charge is 0.193 e. The van der Waals surface area contributed by atoms with Gasteiger partial charge >= 0.3 is 0 Å². The minimum atomic E-state index is 0. The summed E-state index contributed by atoms with van der Waals surface area (Å²) in [7, 11) is 1.86. The van der Waals surface area contributed by atoms with E-state index in [-0.39, 0.29) is 24.0 Å². The van der Waals surface area contributed by atoms with Gasteiger partial charge in [0.15, 0.2) is 5.96 Å². The molecule has 1 fully saturated rings. The average Bonchev–Trinajstić information content (AvgIpc) is 2.45. The zero-order chi connectivity index (χ0) is 13.5.